The van der Waals surface area contributed by atoms with Crippen molar-refractivity contribution in [3.8, 4) is 5.88 Å². The fraction of sp³-hybridized carbons (Fsp3) is 0.273. The first kappa shape index (κ1) is 10.4. The lowest BCUT2D eigenvalue weighted by Gasteiger charge is -2.05. The van der Waals surface area contributed by atoms with E-state index in [2.05, 4.69) is 11.6 Å². The summed E-state index contributed by atoms with van der Waals surface area (Å²) < 4.78 is 4.99. The smallest absolute Gasteiger partial charge is 0.224 e. The summed E-state index contributed by atoms with van der Waals surface area (Å²) in [4.78, 5) is 15.6. The summed E-state index contributed by atoms with van der Waals surface area (Å²) in [5.74, 6) is 0.362. The fourth-order valence-corrected chi connectivity index (χ4v) is 1.14. The predicted molar refractivity (Wildman–Crippen MR) is 54.6 cm³/mol. The number of allylic oxidation sites excluding steroid dienone is 1. The molecule has 0 saturated heterocycles. The molecule has 0 aliphatic heterocycles. The molecule has 0 N–H and O–H groups in total. The molecule has 0 spiro atoms. The van der Waals surface area contributed by atoms with Gasteiger partial charge in [0.05, 0.1) is 12.7 Å². The maximum absolute atomic E-state index is 11.7. The number of rotatable bonds is 4. The molecule has 1 aromatic heterocycles. The Labute approximate surface area is 83.4 Å². The van der Waals surface area contributed by atoms with Crippen molar-refractivity contribution in [2.24, 2.45) is 0 Å². The maximum Gasteiger partial charge on any atom is 0.224 e. The average molecular weight is 191 g/mol. The molecule has 3 heteroatoms. The highest BCUT2D eigenvalue weighted by atomic mass is 16.5. The van der Waals surface area contributed by atoms with Crippen LogP contribution in [-0.2, 0) is 0 Å². The Morgan fingerprint density at radius 2 is 2.36 bits per heavy atom. The highest BCUT2D eigenvalue weighted by Crippen LogP contribution is 2.17. The van der Waals surface area contributed by atoms with Crippen molar-refractivity contribution in [2.45, 2.75) is 13.3 Å². The van der Waals surface area contributed by atoms with Crippen LogP contribution in [0.5, 0.6) is 5.88 Å². The Bertz CT molecular complexity index is 358. The maximum atomic E-state index is 11.7. The summed E-state index contributed by atoms with van der Waals surface area (Å²) in [6, 6.07) is 3.42. The van der Waals surface area contributed by atoms with Gasteiger partial charge >= 0.3 is 0 Å². The molecule has 0 aliphatic rings. The van der Waals surface area contributed by atoms with Crippen molar-refractivity contribution in [1.29, 1.82) is 0 Å². The van der Waals surface area contributed by atoms with Crippen LogP contribution in [0.3, 0.4) is 0 Å². The Balaban J connectivity index is 2.94. The van der Waals surface area contributed by atoms with Crippen LogP contribution in [0.4, 0.5) is 0 Å². The van der Waals surface area contributed by atoms with Crippen molar-refractivity contribution in [2.75, 3.05) is 7.11 Å². The number of hydrogen-bond acceptors (Lipinski definition) is 3. The molecule has 14 heavy (non-hydrogen) atoms. The average Bonchev–Trinajstić information content (AvgIpc) is 2.16. The Kier molecular flexibility index (Phi) is 3.40. The highest BCUT2D eigenvalue weighted by Gasteiger charge is 2.12. The van der Waals surface area contributed by atoms with Gasteiger partial charge in [-0.25, -0.2) is 4.98 Å². The molecular weight excluding hydrogens is 178 g/mol. The number of hydrogen-bond donors (Lipinski definition) is 0. The van der Waals surface area contributed by atoms with Crippen LogP contribution in [0.15, 0.2) is 30.5 Å². The van der Waals surface area contributed by atoms with Crippen LogP contribution in [0, 0.1) is 0 Å². The first-order valence-corrected chi connectivity index (χ1v) is 4.31. The lowest BCUT2D eigenvalue weighted by atomic mass is 10.1. The van der Waals surface area contributed by atoms with E-state index in [-0.39, 0.29) is 5.78 Å². The molecule has 0 bridgehead atoms. The van der Waals surface area contributed by atoms with Gasteiger partial charge in [0.25, 0.3) is 0 Å². The molecule has 3 nitrogen and oxygen atoms in total. The quantitative estimate of drug-likeness (QED) is 0.541. The van der Waals surface area contributed by atoms with E-state index in [0.29, 0.717) is 17.9 Å². The van der Waals surface area contributed by atoms with E-state index in [1.165, 1.54) is 7.11 Å². The minimum Gasteiger partial charge on any atom is -0.480 e. The Morgan fingerprint density at radius 3 is 2.93 bits per heavy atom. The van der Waals surface area contributed by atoms with Crippen LogP contribution in [-0.4, -0.2) is 17.9 Å². The third kappa shape index (κ3) is 2.42. The van der Waals surface area contributed by atoms with Gasteiger partial charge in [-0.15, -0.1) is 0 Å². The lowest BCUT2D eigenvalue weighted by molar-refractivity contribution is 0.0989. The molecule has 0 unspecified atom stereocenters. The van der Waals surface area contributed by atoms with Gasteiger partial charge in [-0.2, -0.15) is 0 Å². The molecule has 0 saturated carbocycles. The van der Waals surface area contributed by atoms with Crippen molar-refractivity contribution >= 4 is 5.78 Å². The Morgan fingerprint density at radius 1 is 1.64 bits per heavy atom. The van der Waals surface area contributed by atoms with E-state index in [1.807, 2.05) is 6.92 Å². The summed E-state index contributed by atoms with van der Waals surface area (Å²) in [6.45, 7) is 5.51. The van der Waals surface area contributed by atoms with Crippen LogP contribution in [0.25, 0.3) is 0 Å². The second-order valence-electron chi connectivity index (χ2n) is 3.12. The zero-order valence-electron chi connectivity index (χ0n) is 8.41. The number of methoxy groups -OCH3 is 1. The monoisotopic (exact) mass is 191 g/mol. The molecule has 0 aliphatic carbocycles. The van der Waals surface area contributed by atoms with Gasteiger partial charge in [0, 0.05) is 12.6 Å². The minimum atomic E-state index is -0.0116. The summed E-state index contributed by atoms with van der Waals surface area (Å²) in [6.07, 6.45) is 1.93. The number of carbonyl (C=O) groups excluding carboxylic acids is 1. The third-order valence-electron chi connectivity index (χ3n) is 1.73. The molecule has 1 rings (SSSR count). The number of pyridine rings is 1. The summed E-state index contributed by atoms with van der Waals surface area (Å²) in [5.41, 5.74) is 1.35. The van der Waals surface area contributed by atoms with Gasteiger partial charge in [-0.3, -0.25) is 4.79 Å². The van der Waals surface area contributed by atoms with Crippen molar-refractivity contribution < 1.29 is 9.53 Å². The molecular formula is C11H13NO2. The standard InChI is InChI=1S/C11H13NO2/c1-8(2)7-10(13)9-5-4-6-12-11(9)14-3/h4-6H,1,7H2,2-3H3. The van der Waals surface area contributed by atoms with Gasteiger partial charge < -0.3 is 4.74 Å². The number of aromatic nitrogens is 1. The van der Waals surface area contributed by atoms with E-state index in [4.69, 9.17) is 4.74 Å². The van der Waals surface area contributed by atoms with Gasteiger partial charge in [0.2, 0.25) is 5.88 Å². The fourth-order valence-electron chi connectivity index (χ4n) is 1.14. The number of carbonyl (C=O) groups is 1. The largest absolute Gasteiger partial charge is 0.480 e. The van der Waals surface area contributed by atoms with Crippen molar-refractivity contribution in [3.05, 3.63) is 36.0 Å². The molecule has 0 atom stereocenters. The second-order valence-corrected chi connectivity index (χ2v) is 3.12. The molecule has 1 aromatic rings. The minimum absolute atomic E-state index is 0.0116. The van der Waals surface area contributed by atoms with Crippen LogP contribution in [0.1, 0.15) is 23.7 Å². The summed E-state index contributed by atoms with van der Waals surface area (Å²) >= 11 is 0. The number of Topliss-reactive ketones (excluding diaryl/α,β-unsaturated/α-hetero) is 1. The van der Waals surface area contributed by atoms with Crippen LogP contribution in [0.2, 0.25) is 0 Å². The van der Waals surface area contributed by atoms with Crippen molar-refractivity contribution in [1.82, 2.24) is 4.98 Å². The summed E-state index contributed by atoms with van der Waals surface area (Å²) in [7, 11) is 1.50. The van der Waals surface area contributed by atoms with E-state index in [0.717, 1.165) is 5.57 Å². The first-order valence-electron chi connectivity index (χ1n) is 4.31. The number of nitrogens with zero attached hydrogens (tertiary/aromatic N) is 1. The topological polar surface area (TPSA) is 39.2 Å². The van der Waals surface area contributed by atoms with E-state index >= 15 is 0 Å². The molecule has 1 heterocycles. The molecule has 0 aromatic carbocycles. The van der Waals surface area contributed by atoms with E-state index in [1.54, 1.807) is 18.3 Å². The third-order valence-corrected chi connectivity index (χ3v) is 1.73. The Hall–Kier alpha value is -1.64. The van der Waals surface area contributed by atoms with Gasteiger partial charge in [-0.1, -0.05) is 12.2 Å². The predicted octanol–water partition coefficient (Wildman–Crippen LogP) is 2.24. The van der Waals surface area contributed by atoms with Crippen molar-refractivity contribution in [3.63, 3.8) is 0 Å². The SMILES string of the molecule is C=C(C)CC(=O)c1cccnc1OC. The lowest BCUT2D eigenvalue weighted by Crippen LogP contribution is -2.03. The number of ketones is 1. The van der Waals surface area contributed by atoms with Crippen LogP contribution >= 0.6 is 0 Å². The highest BCUT2D eigenvalue weighted by molar-refractivity contribution is 5.99. The zero-order valence-corrected chi connectivity index (χ0v) is 8.41. The number of ether oxygens (including phenoxy) is 1. The summed E-state index contributed by atoms with van der Waals surface area (Å²) in [5, 5.41) is 0. The normalized spacial score (nSPS) is 9.57. The molecule has 0 radical (unpaired) electrons. The van der Waals surface area contributed by atoms with Gasteiger partial charge in [0.15, 0.2) is 5.78 Å². The molecule has 0 amide bonds. The van der Waals surface area contributed by atoms with E-state index in [9.17, 15) is 4.79 Å². The first-order chi connectivity index (χ1) is 6.65. The molecule has 74 valence electrons. The van der Waals surface area contributed by atoms with Crippen LogP contribution < -0.4 is 4.74 Å². The second kappa shape index (κ2) is 4.56. The van der Waals surface area contributed by atoms with Gasteiger partial charge in [-0.05, 0) is 19.1 Å². The van der Waals surface area contributed by atoms with Gasteiger partial charge in [0.1, 0.15) is 0 Å². The molecule has 0 fully saturated rings. The van der Waals surface area contributed by atoms with E-state index < -0.39 is 0 Å². The zero-order chi connectivity index (χ0) is 10.6.